The lowest BCUT2D eigenvalue weighted by molar-refractivity contribution is -0.140. The highest BCUT2D eigenvalue weighted by atomic mass is 19.1. The highest BCUT2D eigenvalue weighted by Crippen LogP contribution is 2.41. The van der Waals surface area contributed by atoms with Crippen LogP contribution in [0.25, 0.3) is 5.76 Å². The zero-order valence-corrected chi connectivity index (χ0v) is 15.9. The van der Waals surface area contributed by atoms with E-state index in [1.54, 1.807) is 25.1 Å². The molecule has 1 saturated heterocycles. The molecule has 1 atom stereocenters. The molecule has 0 bridgehead atoms. The average molecular weight is 409 g/mol. The van der Waals surface area contributed by atoms with Crippen LogP contribution in [0.3, 0.4) is 0 Å². The summed E-state index contributed by atoms with van der Waals surface area (Å²) >= 11 is 0. The van der Waals surface area contributed by atoms with Gasteiger partial charge in [-0.15, -0.1) is 0 Å². The van der Waals surface area contributed by atoms with Crippen molar-refractivity contribution in [2.24, 2.45) is 0 Å². The molecule has 2 aromatic carbocycles. The first kappa shape index (κ1) is 19.6. The Kier molecular flexibility index (Phi) is 4.95. The first-order valence-electron chi connectivity index (χ1n) is 9.20. The fourth-order valence-corrected chi connectivity index (χ4v) is 3.53. The number of benzene rings is 2. The second-order valence-electron chi connectivity index (χ2n) is 6.99. The molecule has 0 unspecified atom stereocenters. The minimum atomic E-state index is -1.19. The third-order valence-corrected chi connectivity index (χ3v) is 5.09. The van der Waals surface area contributed by atoms with Crippen LogP contribution in [-0.2, 0) is 16.1 Å². The SMILES string of the molecule is Cc1ccc(C(O)=C2C(=O)C(=O)N(Cc3ccco3)[C@H]2c2ccccc2F)cc1F. The first-order chi connectivity index (χ1) is 14.4. The molecule has 3 aromatic rings. The number of hydrogen-bond donors (Lipinski definition) is 1. The number of halogens is 2. The van der Waals surface area contributed by atoms with Crippen LogP contribution in [0.2, 0.25) is 0 Å². The molecular weight excluding hydrogens is 392 g/mol. The number of aliphatic hydroxyl groups is 1. The zero-order valence-electron chi connectivity index (χ0n) is 15.9. The topological polar surface area (TPSA) is 70.8 Å². The van der Waals surface area contributed by atoms with E-state index in [1.807, 2.05) is 0 Å². The molecule has 0 spiro atoms. The van der Waals surface area contributed by atoms with E-state index in [9.17, 15) is 23.5 Å². The van der Waals surface area contributed by atoms with E-state index in [-0.39, 0.29) is 23.2 Å². The highest BCUT2D eigenvalue weighted by molar-refractivity contribution is 6.46. The highest BCUT2D eigenvalue weighted by Gasteiger charge is 2.47. The predicted molar refractivity (Wildman–Crippen MR) is 104 cm³/mol. The first-order valence-corrected chi connectivity index (χ1v) is 9.20. The summed E-state index contributed by atoms with van der Waals surface area (Å²) in [6, 6.07) is 11.7. The van der Waals surface area contributed by atoms with Crippen molar-refractivity contribution >= 4 is 17.4 Å². The molecule has 30 heavy (non-hydrogen) atoms. The van der Waals surface area contributed by atoms with Crippen LogP contribution in [0, 0.1) is 18.6 Å². The Balaban J connectivity index is 1.90. The van der Waals surface area contributed by atoms with Gasteiger partial charge in [0.05, 0.1) is 24.4 Å². The van der Waals surface area contributed by atoms with Gasteiger partial charge in [-0.1, -0.05) is 30.3 Å². The quantitative estimate of drug-likeness (QED) is 0.392. The second kappa shape index (κ2) is 7.59. The molecule has 4 rings (SSSR count). The number of Topliss-reactive ketones (excluding diaryl/α,β-unsaturated/α-hetero) is 1. The lowest BCUT2D eigenvalue weighted by Crippen LogP contribution is -2.29. The number of ketones is 1. The minimum Gasteiger partial charge on any atom is -0.507 e. The summed E-state index contributed by atoms with van der Waals surface area (Å²) in [6.07, 6.45) is 1.42. The van der Waals surface area contributed by atoms with Gasteiger partial charge in [0.2, 0.25) is 0 Å². The van der Waals surface area contributed by atoms with E-state index < -0.39 is 35.1 Å². The van der Waals surface area contributed by atoms with Crippen molar-refractivity contribution in [2.75, 3.05) is 0 Å². The number of carbonyl (C=O) groups is 2. The van der Waals surface area contributed by atoms with Crippen molar-refractivity contribution in [1.82, 2.24) is 4.90 Å². The van der Waals surface area contributed by atoms with Crippen LogP contribution >= 0.6 is 0 Å². The maximum atomic E-state index is 14.7. The molecule has 1 amide bonds. The molecule has 1 aliphatic rings. The number of hydrogen-bond acceptors (Lipinski definition) is 4. The molecule has 2 heterocycles. The Morgan fingerprint density at radius 3 is 2.50 bits per heavy atom. The fourth-order valence-electron chi connectivity index (χ4n) is 3.53. The van der Waals surface area contributed by atoms with Gasteiger partial charge in [-0.2, -0.15) is 0 Å². The molecule has 1 aromatic heterocycles. The number of likely N-dealkylation sites (tertiary alicyclic amines) is 1. The van der Waals surface area contributed by atoms with Gasteiger partial charge in [-0.25, -0.2) is 8.78 Å². The molecule has 0 aliphatic carbocycles. The van der Waals surface area contributed by atoms with Crippen molar-refractivity contribution in [3.05, 3.63) is 101 Å². The number of carbonyl (C=O) groups excluding carboxylic acids is 2. The third kappa shape index (κ3) is 3.28. The van der Waals surface area contributed by atoms with Gasteiger partial charge in [0.25, 0.3) is 11.7 Å². The maximum absolute atomic E-state index is 14.7. The summed E-state index contributed by atoms with van der Waals surface area (Å²) in [4.78, 5) is 26.8. The predicted octanol–water partition coefficient (Wildman–Crippen LogP) is 4.49. The van der Waals surface area contributed by atoms with E-state index in [0.29, 0.717) is 11.3 Å². The number of aryl methyl sites for hydroxylation is 1. The Hall–Kier alpha value is -3.74. The molecule has 1 fully saturated rings. The van der Waals surface area contributed by atoms with Crippen molar-refractivity contribution in [2.45, 2.75) is 19.5 Å². The smallest absolute Gasteiger partial charge is 0.296 e. The van der Waals surface area contributed by atoms with Crippen LogP contribution < -0.4 is 0 Å². The number of amides is 1. The van der Waals surface area contributed by atoms with Gasteiger partial charge < -0.3 is 14.4 Å². The van der Waals surface area contributed by atoms with E-state index in [1.165, 1.54) is 36.6 Å². The van der Waals surface area contributed by atoms with Gasteiger partial charge in [0.1, 0.15) is 23.2 Å². The molecule has 7 heteroatoms. The largest absolute Gasteiger partial charge is 0.507 e. The molecule has 1 N–H and O–H groups in total. The summed E-state index contributed by atoms with van der Waals surface area (Å²) in [5.41, 5.74) is 0.114. The van der Waals surface area contributed by atoms with Crippen LogP contribution in [-0.4, -0.2) is 21.7 Å². The van der Waals surface area contributed by atoms with Crippen LogP contribution in [0.1, 0.15) is 28.5 Å². The molecule has 0 saturated carbocycles. The number of nitrogens with zero attached hydrogens (tertiary/aromatic N) is 1. The fraction of sp³-hybridized carbons (Fsp3) is 0.130. The standard InChI is InChI=1S/C23H17F2NO4/c1-13-8-9-14(11-18(13)25)21(27)19-20(16-6-2-3-7-17(16)24)26(23(29)22(19)28)12-15-5-4-10-30-15/h2-11,20,27H,12H2,1H3/t20-/m0/s1. The van der Waals surface area contributed by atoms with Crippen LogP contribution in [0.5, 0.6) is 0 Å². The second-order valence-corrected chi connectivity index (χ2v) is 6.99. The van der Waals surface area contributed by atoms with E-state index >= 15 is 0 Å². The minimum absolute atomic E-state index is 0.0236. The van der Waals surface area contributed by atoms with Crippen LogP contribution in [0.15, 0.2) is 70.9 Å². The van der Waals surface area contributed by atoms with Crippen molar-refractivity contribution < 1.29 is 27.9 Å². The van der Waals surface area contributed by atoms with Gasteiger partial charge >= 0.3 is 0 Å². The molecule has 1 aliphatic heterocycles. The summed E-state index contributed by atoms with van der Waals surface area (Å²) in [5.74, 6) is -3.29. The molecule has 5 nitrogen and oxygen atoms in total. The third-order valence-electron chi connectivity index (χ3n) is 5.09. The Labute approximate surface area is 170 Å². The van der Waals surface area contributed by atoms with Crippen molar-refractivity contribution in [1.29, 1.82) is 0 Å². The molecule has 152 valence electrons. The number of furan rings is 1. The van der Waals surface area contributed by atoms with E-state index in [4.69, 9.17) is 4.42 Å². The van der Waals surface area contributed by atoms with Crippen molar-refractivity contribution in [3.63, 3.8) is 0 Å². The van der Waals surface area contributed by atoms with Gasteiger partial charge in [-0.3, -0.25) is 9.59 Å². The average Bonchev–Trinajstić information content (AvgIpc) is 3.32. The van der Waals surface area contributed by atoms with Crippen LogP contribution in [0.4, 0.5) is 8.78 Å². The van der Waals surface area contributed by atoms with Crippen molar-refractivity contribution in [3.8, 4) is 0 Å². The summed E-state index contributed by atoms with van der Waals surface area (Å²) in [5, 5.41) is 10.9. The van der Waals surface area contributed by atoms with E-state index in [0.717, 1.165) is 11.0 Å². The van der Waals surface area contributed by atoms with Gasteiger partial charge in [0.15, 0.2) is 0 Å². The maximum Gasteiger partial charge on any atom is 0.296 e. The lowest BCUT2D eigenvalue weighted by atomic mass is 9.94. The Morgan fingerprint density at radius 2 is 1.83 bits per heavy atom. The number of rotatable bonds is 4. The van der Waals surface area contributed by atoms with Gasteiger partial charge in [0, 0.05) is 11.1 Å². The van der Waals surface area contributed by atoms with E-state index in [2.05, 4.69) is 0 Å². The summed E-state index contributed by atoms with van der Waals surface area (Å²) < 4.78 is 34.0. The summed E-state index contributed by atoms with van der Waals surface area (Å²) in [7, 11) is 0. The normalized spacial score (nSPS) is 18.2. The summed E-state index contributed by atoms with van der Waals surface area (Å²) in [6.45, 7) is 1.45. The molecular formula is C23H17F2NO4. The Morgan fingerprint density at radius 1 is 1.07 bits per heavy atom. The van der Waals surface area contributed by atoms with Gasteiger partial charge in [-0.05, 0) is 36.8 Å². The monoisotopic (exact) mass is 409 g/mol. The Bertz CT molecular complexity index is 1170. The zero-order chi connectivity index (χ0) is 21.4. The molecule has 0 radical (unpaired) electrons. The number of aliphatic hydroxyl groups excluding tert-OH is 1. The lowest BCUT2D eigenvalue weighted by Gasteiger charge is -2.24.